The van der Waals surface area contributed by atoms with Gasteiger partial charge in [-0.15, -0.1) is 11.3 Å². The van der Waals surface area contributed by atoms with Crippen LogP contribution in [0.25, 0.3) is 0 Å². The number of nitrogens with two attached hydrogens (primary N) is 1. The smallest absolute Gasteiger partial charge is 0.314 e. The van der Waals surface area contributed by atoms with Crippen LogP contribution in [0.4, 0.5) is 4.79 Å². The molecule has 6 nitrogen and oxygen atoms in total. The molecule has 25 heavy (non-hydrogen) atoms. The Hall–Kier alpha value is -2.41. The maximum atomic E-state index is 13.1. The molecule has 1 aromatic carbocycles. The number of aromatic nitrogens is 1. The zero-order valence-electron chi connectivity index (χ0n) is 14.0. The average molecular weight is 358 g/mol. The van der Waals surface area contributed by atoms with Crippen molar-refractivity contribution in [2.75, 3.05) is 13.1 Å². The lowest BCUT2D eigenvalue weighted by Crippen LogP contribution is -2.48. The Labute approximate surface area is 151 Å². The molecule has 132 valence electrons. The molecule has 7 heteroatoms. The van der Waals surface area contributed by atoms with E-state index in [0.29, 0.717) is 26.2 Å². The molecule has 1 atom stereocenters. The number of hydrogen-bond donors (Lipinski definition) is 1. The second-order valence-electron chi connectivity index (χ2n) is 6.23. The van der Waals surface area contributed by atoms with Crippen molar-refractivity contribution in [2.45, 2.75) is 25.9 Å². The van der Waals surface area contributed by atoms with E-state index in [2.05, 4.69) is 4.98 Å². The molecule has 0 bridgehead atoms. The summed E-state index contributed by atoms with van der Waals surface area (Å²) in [5.41, 5.74) is 6.47. The van der Waals surface area contributed by atoms with Crippen molar-refractivity contribution in [1.29, 1.82) is 0 Å². The predicted molar refractivity (Wildman–Crippen MR) is 96.7 cm³/mol. The monoisotopic (exact) mass is 358 g/mol. The third-order valence-corrected chi connectivity index (χ3v) is 5.18. The molecule has 0 radical (unpaired) electrons. The van der Waals surface area contributed by atoms with Gasteiger partial charge in [0.2, 0.25) is 5.91 Å². The van der Waals surface area contributed by atoms with E-state index in [0.717, 1.165) is 23.4 Å². The van der Waals surface area contributed by atoms with Crippen LogP contribution in [0.3, 0.4) is 0 Å². The van der Waals surface area contributed by atoms with Crippen LogP contribution >= 0.6 is 11.3 Å². The van der Waals surface area contributed by atoms with Crippen LogP contribution in [0.2, 0.25) is 0 Å². The summed E-state index contributed by atoms with van der Waals surface area (Å²) in [4.78, 5) is 32.3. The highest BCUT2D eigenvalue weighted by Gasteiger charge is 2.31. The summed E-state index contributed by atoms with van der Waals surface area (Å²) in [6.07, 6.45) is 3.34. The van der Waals surface area contributed by atoms with Crippen molar-refractivity contribution >= 4 is 23.3 Å². The first-order chi connectivity index (χ1) is 12.1. The molecule has 0 unspecified atom stereocenters. The van der Waals surface area contributed by atoms with Crippen LogP contribution in [-0.4, -0.2) is 39.8 Å². The van der Waals surface area contributed by atoms with E-state index in [9.17, 15) is 9.59 Å². The third-order valence-electron chi connectivity index (χ3n) is 4.42. The van der Waals surface area contributed by atoms with E-state index in [1.54, 1.807) is 22.4 Å². The molecule has 3 rings (SSSR count). The maximum absolute atomic E-state index is 13.1. The van der Waals surface area contributed by atoms with Gasteiger partial charge in [0.15, 0.2) is 0 Å². The van der Waals surface area contributed by atoms with Gasteiger partial charge in [0.1, 0.15) is 5.01 Å². The molecular weight excluding hydrogens is 336 g/mol. The zero-order chi connectivity index (χ0) is 17.6. The van der Waals surface area contributed by atoms with Crippen molar-refractivity contribution in [1.82, 2.24) is 14.8 Å². The number of likely N-dealkylation sites (tertiary alicyclic amines) is 1. The van der Waals surface area contributed by atoms with Gasteiger partial charge >= 0.3 is 6.03 Å². The van der Waals surface area contributed by atoms with Gasteiger partial charge in [-0.25, -0.2) is 9.78 Å². The van der Waals surface area contributed by atoms with Crippen LogP contribution < -0.4 is 5.73 Å². The summed E-state index contributed by atoms with van der Waals surface area (Å²) in [5.74, 6) is -0.144. The van der Waals surface area contributed by atoms with Crippen molar-refractivity contribution in [3.05, 3.63) is 52.5 Å². The van der Waals surface area contributed by atoms with Gasteiger partial charge in [-0.05, 0) is 18.4 Å². The molecule has 3 amide bonds. The highest BCUT2D eigenvalue weighted by molar-refractivity contribution is 7.09. The molecule has 2 heterocycles. The van der Waals surface area contributed by atoms with E-state index < -0.39 is 6.03 Å². The fourth-order valence-corrected chi connectivity index (χ4v) is 3.78. The lowest BCUT2D eigenvalue weighted by atomic mass is 9.96. The Kier molecular flexibility index (Phi) is 5.65. The summed E-state index contributed by atoms with van der Waals surface area (Å²) < 4.78 is 0. The Morgan fingerprint density at radius 3 is 2.76 bits per heavy atom. The first-order valence-corrected chi connectivity index (χ1v) is 9.27. The predicted octanol–water partition coefficient (Wildman–Crippen LogP) is 2.46. The van der Waals surface area contributed by atoms with Crippen molar-refractivity contribution in [3.63, 3.8) is 0 Å². The van der Waals surface area contributed by atoms with Gasteiger partial charge in [-0.2, -0.15) is 0 Å². The highest BCUT2D eigenvalue weighted by atomic mass is 32.1. The summed E-state index contributed by atoms with van der Waals surface area (Å²) in [6.45, 7) is 2.05. The van der Waals surface area contributed by atoms with Gasteiger partial charge in [0, 0.05) is 31.2 Å². The largest absolute Gasteiger partial charge is 0.351 e. The van der Waals surface area contributed by atoms with E-state index in [-0.39, 0.29) is 11.8 Å². The Morgan fingerprint density at radius 1 is 1.28 bits per heavy atom. The minimum Gasteiger partial charge on any atom is -0.351 e. The van der Waals surface area contributed by atoms with Gasteiger partial charge < -0.3 is 15.5 Å². The fourth-order valence-electron chi connectivity index (χ4n) is 3.15. The van der Waals surface area contributed by atoms with Gasteiger partial charge in [-0.3, -0.25) is 4.79 Å². The van der Waals surface area contributed by atoms with E-state index in [4.69, 9.17) is 5.73 Å². The maximum Gasteiger partial charge on any atom is 0.314 e. The quantitative estimate of drug-likeness (QED) is 0.892. The Balaban J connectivity index is 1.75. The van der Waals surface area contributed by atoms with E-state index >= 15 is 0 Å². The molecule has 1 saturated heterocycles. The fraction of sp³-hybridized carbons (Fsp3) is 0.389. The second kappa shape index (κ2) is 8.11. The number of urea groups is 1. The molecule has 1 aliphatic rings. The molecule has 1 fully saturated rings. The van der Waals surface area contributed by atoms with Gasteiger partial charge in [0.25, 0.3) is 0 Å². The summed E-state index contributed by atoms with van der Waals surface area (Å²) >= 11 is 1.54. The average Bonchev–Trinajstić information content (AvgIpc) is 3.14. The Bertz CT molecular complexity index is 705. The molecule has 0 saturated carbocycles. The van der Waals surface area contributed by atoms with Crippen molar-refractivity contribution in [3.8, 4) is 0 Å². The summed E-state index contributed by atoms with van der Waals surface area (Å²) in [7, 11) is 0. The SMILES string of the molecule is NC(=O)N1CCC[C@@H](C(=O)N(Cc2ccccc2)Cc2nccs2)C1. The Morgan fingerprint density at radius 2 is 2.08 bits per heavy atom. The number of carbonyl (C=O) groups is 2. The number of benzene rings is 1. The van der Waals surface area contributed by atoms with Crippen molar-refractivity contribution in [2.24, 2.45) is 11.7 Å². The second-order valence-corrected chi connectivity index (χ2v) is 7.21. The lowest BCUT2D eigenvalue weighted by molar-refractivity contribution is -0.138. The standard InChI is InChI=1S/C18H22N4O2S/c19-18(24)21-9-4-7-15(12-21)17(23)22(13-16-20-8-10-25-16)11-14-5-2-1-3-6-14/h1-3,5-6,8,10,15H,4,7,9,11-13H2,(H2,19,24)/t15-/m1/s1. The minimum atomic E-state index is -0.452. The minimum absolute atomic E-state index is 0.0602. The normalized spacial score (nSPS) is 17.3. The van der Waals surface area contributed by atoms with Gasteiger partial charge in [0.05, 0.1) is 12.5 Å². The lowest BCUT2D eigenvalue weighted by Gasteiger charge is -2.34. The first kappa shape index (κ1) is 17.4. The third kappa shape index (κ3) is 4.57. The van der Waals surface area contributed by atoms with E-state index in [1.165, 1.54) is 0 Å². The summed E-state index contributed by atoms with van der Waals surface area (Å²) in [6, 6.07) is 9.47. The van der Waals surface area contributed by atoms with Crippen LogP contribution in [0.1, 0.15) is 23.4 Å². The van der Waals surface area contributed by atoms with Crippen LogP contribution in [0.5, 0.6) is 0 Å². The summed E-state index contributed by atoms with van der Waals surface area (Å²) in [5, 5.41) is 2.82. The van der Waals surface area contributed by atoms with E-state index in [1.807, 2.05) is 40.6 Å². The zero-order valence-corrected chi connectivity index (χ0v) is 14.8. The number of amides is 3. The topological polar surface area (TPSA) is 79.5 Å². The highest BCUT2D eigenvalue weighted by Crippen LogP contribution is 2.22. The number of primary amides is 1. The molecule has 2 N–H and O–H groups in total. The molecule has 1 aliphatic heterocycles. The molecule has 0 spiro atoms. The van der Waals surface area contributed by atoms with Crippen LogP contribution in [-0.2, 0) is 17.9 Å². The molecule has 2 aromatic rings. The number of thiazole rings is 1. The molecule has 1 aromatic heterocycles. The van der Waals surface area contributed by atoms with Crippen LogP contribution in [0, 0.1) is 5.92 Å². The molecular formula is C18H22N4O2S. The number of hydrogen-bond acceptors (Lipinski definition) is 4. The first-order valence-electron chi connectivity index (χ1n) is 8.39. The molecule has 0 aliphatic carbocycles. The van der Waals surface area contributed by atoms with Crippen molar-refractivity contribution < 1.29 is 9.59 Å². The number of carbonyl (C=O) groups excluding carboxylic acids is 2. The van der Waals surface area contributed by atoms with Crippen LogP contribution in [0.15, 0.2) is 41.9 Å². The number of piperidine rings is 1. The number of nitrogens with zero attached hydrogens (tertiary/aromatic N) is 3. The number of rotatable bonds is 5. The van der Waals surface area contributed by atoms with Gasteiger partial charge in [-0.1, -0.05) is 30.3 Å².